The van der Waals surface area contributed by atoms with E-state index < -0.39 is 11.9 Å². The number of hydrogen-bond acceptors (Lipinski definition) is 4. The quantitative estimate of drug-likeness (QED) is 0.925. The predicted octanol–water partition coefficient (Wildman–Crippen LogP) is 2.19. The number of carboxylic acid groups (broad SMARTS) is 1. The first kappa shape index (κ1) is 14.4. The van der Waals surface area contributed by atoms with Gasteiger partial charge in [0.05, 0.1) is 17.9 Å². The van der Waals surface area contributed by atoms with E-state index in [4.69, 9.17) is 9.47 Å². The lowest BCUT2D eigenvalue weighted by Crippen LogP contribution is -2.45. The van der Waals surface area contributed by atoms with Gasteiger partial charge in [-0.15, -0.1) is 0 Å². The molecule has 0 spiro atoms. The number of nitrogens with zero attached hydrogens (tertiary/aromatic N) is 1. The van der Waals surface area contributed by atoms with E-state index in [1.807, 2.05) is 23.1 Å². The molecule has 3 aliphatic rings. The maximum atomic E-state index is 12.8. The van der Waals surface area contributed by atoms with Crippen LogP contribution in [0.3, 0.4) is 0 Å². The van der Waals surface area contributed by atoms with Gasteiger partial charge in [0.2, 0.25) is 12.7 Å². The maximum Gasteiger partial charge on any atom is 0.307 e. The third-order valence-electron chi connectivity index (χ3n) is 5.23. The van der Waals surface area contributed by atoms with Crippen LogP contribution in [-0.2, 0) is 9.59 Å². The van der Waals surface area contributed by atoms with Gasteiger partial charge in [0, 0.05) is 6.54 Å². The van der Waals surface area contributed by atoms with E-state index in [2.05, 4.69) is 0 Å². The SMILES string of the molecule is O=C(O)C1CCC1C(=O)N1CCCC1c1ccc2c(c1)OCO2. The topological polar surface area (TPSA) is 76.1 Å². The van der Waals surface area contributed by atoms with Crippen molar-refractivity contribution in [1.82, 2.24) is 4.90 Å². The molecule has 1 saturated carbocycles. The average molecular weight is 317 g/mol. The van der Waals surface area contributed by atoms with E-state index >= 15 is 0 Å². The number of fused-ring (bicyclic) bond motifs is 1. The van der Waals surface area contributed by atoms with Gasteiger partial charge >= 0.3 is 5.97 Å². The summed E-state index contributed by atoms with van der Waals surface area (Å²) in [5.41, 5.74) is 1.03. The molecule has 3 unspecified atom stereocenters. The maximum absolute atomic E-state index is 12.8. The number of hydrogen-bond donors (Lipinski definition) is 1. The molecule has 1 saturated heterocycles. The number of benzene rings is 1. The van der Waals surface area contributed by atoms with Crippen LogP contribution in [0.5, 0.6) is 11.5 Å². The minimum absolute atomic E-state index is 0.00652. The molecule has 2 fully saturated rings. The molecule has 3 atom stereocenters. The first-order valence-corrected chi connectivity index (χ1v) is 8.08. The number of likely N-dealkylation sites (tertiary alicyclic amines) is 1. The molecule has 1 N–H and O–H groups in total. The minimum atomic E-state index is -0.853. The van der Waals surface area contributed by atoms with Crippen molar-refractivity contribution in [1.29, 1.82) is 0 Å². The summed E-state index contributed by atoms with van der Waals surface area (Å²) in [6.07, 6.45) is 3.12. The van der Waals surface area contributed by atoms with Crippen LogP contribution in [-0.4, -0.2) is 35.2 Å². The van der Waals surface area contributed by atoms with Crippen molar-refractivity contribution in [2.24, 2.45) is 11.8 Å². The summed E-state index contributed by atoms with van der Waals surface area (Å²) in [5, 5.41) is 9.18. The molecular weight excluding hydrogens is 298 g/mol. The molecule has 0 aromatic heterocycles. The van der Waals surface area contributed by atoms with Crippen LogP contribution in [0.1, 0.15) is 37.3 Å². The van der Waals surface area contributed by atoms with Gasteiger partial charge in [-0.3, -0.25) is 9.59 Å². The molecule has 1 aromatic rings. The van der Waals surface area contributed by atoms with Crippen LogP contribution in [0.2, 0.25) is 0 Å². The number of amides is 1. The summed E-state index contributed by atoms with van der Waals surface area (Å²) in [6.45, 7) is 0.926. The van der Waals surface area contributed by atoms with Gasteiger partial charge in [-0.1, -0.05) is 6.07 Å². The van der Waals surface area contributed by atoms with Gasteiger partial charge in [-0.2, -0.15) is 0 Å². The zero-order chi connectivity index (χ0) is 16.0. The Morgan fingerprint density at radius 3 is 2.61 bits per heavy atom. The van der Waals surface area contributed by atoms with E-state index in [0.717, 1.165) is 24.2 Å². The van der Waals surface area contributed by atoms with Gasteiger partial charge in [-0.25, -0.2) is 0 Å². The number of aliphatic carboxylic acids is 1. The molecule has 2 heterocycles. The summed E-state index contributed by atoms with van der Waals surface area (Å²) in [6, 6.07) is 5.79. The number of carbonyl (C=O) groups is 2. The van der Waals surface area contributed by atoms with Crippen molar-refractivity contribution < 1.29 is 24.2 Å². The molecule has 0 bridgehead atoms. The third kappa shape index (κ3) is 2.33. The summed E-state index contributed by atoms with van der Waals surface area (Å²) >= 11 is 0. The normalized spacial score (nSPS) is 28.5. The molecule has 2 aliphatic heterocycles. The number of carbonyl (C=O) groups excluding carboxylic acids is 1. The molecule has 122 valence electrons. The van der Waals surface area contributed by atoms with Gasteiger partial charge in [0.1, 0.15) is 0 Å². The fraction of sp³-hybridized carbons (Fsp3) is 0.529. The second kappa shape index (κ2) is 5.44. The van der Waals surface area contributed by atoms with Crippen molar-refractivity contribution in [2.45, 2.75) is 31.7 Å². The average Bonchev–Trinajstić information content (AvgIpc) is 3.13. The van der Waals surface area contributed by atoms with Crippen molar-refractivity contribution >= 4 is 11.9 Å². The van der Waals surface area contributed by atoms with Crippen molar-refractivity contribution in [3.8, 4) is 11.5 Å². The highest BCUT2D eigenvalue weighted by Gasteiger charge is 2.45. The van der Waals surface area contributed by atoms with Crippen LogP contribution in [0.25, 0.3) is 0 Å². The van der Waals surface area contributed by atoms with Gasteiger partial charge in [0.25, 0.3) is 0 Å². The molecule has 1 amide bonds. The summed E-state index contributed by atoms with van der Waals surface area (Å²) in [5.74, 6) is -0.289. The van der Waals surface area contributed by atoms with Gasteiger partial charge in [-0.05, 0) is 43.4 Å². The second-order valence-corrected chi connectivity index (χ2v) is 6.43. The molecule has 1 aliphatic carbocycles. The van der Waals surface area contributed by atoms with Gasteiger partial charge < -0.3 is 19.5 Å². The molecular formula is C17H19NO5. The molecule has 1 aromatic carbocycles. The first-order chi connectivity index (χ1) is 11.1. The summed E-state index contributed by atoms with van der Waals surface area (Å²) < 4.78 is 10.7. The predicted molar refractivity (Wildman–Crippen MR) is 80.1 cm³/mol. The van der Waals surface area contributed by atoms with E-state index in [1.165, 1.54) is 0 Å². The van der Waals surface area contributed by atoms with E-state index in [-0.39, 0.29) is 24.7 Å². The fourth-order valence-electron chi connectivity index (χ4n) is 3.80. The highest BCUT2D eigenvalue weighted by molar-refractivity contribution is 5.86. The highest BCUT2D eigenvalue weighted by atomic mass is 16.7. The number of ether oxygens (including phenoxy) is 2. The molecule has 23 heavy (non-hydrogen) atoms. The van der Waals surface area contributed by atoms with Crippen LogP contribution in [0.15, 0.2) is 18.2 Å². The third-order valence-corrected chi connectivity index (χ3v) is 5.23. The number of rotatable bonds is 3. The Bertz CT molecular complexity index is 658. The summed E-state index contributed by atoms with van der Waals surface area (Å²) in [4.78, 5) is 25.8. The number of carboxylic acids is 1. The second-order valence-electron chi connectivity index (χ2n) is 6.43. The van der Waals surface area contributed by atoms with E-state index in [0.29, 0.717) is 25.1 Å². The lowest BCUT2D eigenvalue weighted by Gasteiger charge is -2.37. The first-order valence-electron chi connectivity index (χ1n) is 8.08. The Morgan fingerprint density at radius 2 is 1.87 bits per heavy atom. The Labute approximate surface area is 134 Å². The van der Waals surface area contributed by atoms with E-state index in [1.54, 1.807) is 0 Å². The molecule has 0 radical (unpaired) electrons. The van der Waals surface area contributed by atoms with Crippen LogP contribution >= 0.6 is 0 Å². The standard InChI is InChI=1S/C17H19NO5/c19-16(11-4-5-12(11)17(20)21)18-7-1-2-13(18)10-3-6-14-15(8-10)23-9-22-14/h3,6,8,11-13H,1-2,4-5,7,9H2,(H,20,21). The van der Waals surface area contributed by atoms with Gasteiger partial charge in [0.15, 0.2) is 11.5 Å². The smallest absolute Gasteiger partial charge is 0.307 e. The Balaban J connectivity index is 1.55. The molecule has 4 rings (SSSR count). The Morgan fingerprint density at radius 1 is 1.09 bits per heavy atom. The van der Waals surface area contributed by atoms with Crippen molar-refractivity contribution in [3.63, 3.8) is 0 Å². The fourth-order valence-corrected chi connectivity index (χ4v) is 3.80. The monoisotopic (exact) mass is 317 g/mol. The lowest BCUT2D eigenvalue weighted by molar-refractivity contribution is -0.157. The molecule has 6 nitrogen and oxygen atoms in total. The van der Waals surface area contributed by atoms with Crippen molar-refractivity contribution in [2.75, 3.05) is 13.3 Å². The van der Waals surface area contributed by atoms with Crippen LogP contribution in [0.4, 0.5) is 0 Å². The summed E-state index contributed by atoms with van der Waals surface area (Å²) in [7, 11) is 0. The lowest BCUT2D eigenvalue weighted by atomic mass is 9.72. The van der Waals surface area contributed by atoms with Crippen molar-refractivity contribution in [3.05, 3.63) is 23.8 Å². The Hall–Kier alpha value is -2.24. The van der Waals surface area contributed by atoms with Crippen LogP contribution in [0, 0.1) is 11.8 Å². The zero-order valence-corrected chi connectivity index (χ0v) is 12.7. The van der Waals surface area contributed by atoms with Crippen LogP contribution < -0.4 is 9.47 Å². The molecule has 6 heteroatoms. The zero-order valence-electron chi connectivity index (χ0n) is 12.7. The largest absolute Gasteiger partial charge is 0.481 e. The highest BCUT2D eigenvalue weighted by Crippen LogP contribution is 2.42. The minimum Gasteiger partial charge on any atom is -0.481 e. The Kier molecular flexibility index (Phi) is 3.39. The van der Waals surface area contributed by atoms with E-state index in [9.17, 15) is 14.7 Å².